The van der Waals surface area contributed by atoms with Crippen LogP contribution in [-0.2, 0) is 4.74 Å². The highest BCUT2D eigenvalue weighted by Gasteiger charge is 2.26. The zero-order chi connectivity index (χ0) is 12.3. The molecule has 1 aromatic carbocycles. The molecule has 4 heteroatoms. The second-order valence-electron chi connectivity index (χ2n) is 4.48. The van der Waals surface area contributed by atoms with Gasteiger partial charge in [0.15, 0.2) is 0 Å². The quantitative estimate of drug-likeness (QED) is 0.812. The average Bonchev–Trinajstić information content (AvgIpc) is 2.75. The highest BCUT2D eigenvalue weighted by Crippen LogP contribution is 2.26. The van der Waals surface area contributed by atoms with E-state index in [2.05, 4.69) is 12.2 Å². The number of nitrogens with one attached hydrogen (secondary N) is 1. The van der Waals surface area contributed by atoms with Gasteiger partial charge in [-0.3, -0.25) is 0 Å². The fourth-order valence-corrected chi connectivity index (χ4v) is 2.49. The van der Waals surface area contributed by atoms with Crippen LogP contribution in [0.25, 0.3) is 0 Å². The number of nitrogens with two attached hydrogens (primary N) is 1. The van der Waals surface area contributed by atoms with Gasteiger partial charge < -0.3 is 15.8 Å². The van der Waals surface area contributed by atoms with Crippen LogP contribution in [0.15, 0.2) is 18.2 Å². The smallest absolute Gasteiger partial charge is 0.0618 e. The third kappa shape index (κ3) is 3.05. The predicted molar refractivity (Wildman–Crippen MR) is 72.5 cm³/mol. The number of halogens is 1. The Balaban J connectivity index is 1.93. The minimum atomic E-state index is 0.385. The molecule has 0 spiro atoms. The molecule has 1 aromatic rings. The van der Waals surface area contributed by atoms with E-state index in [1.807, 2.05) is 12.1 Å². The summed E-state index contributed by atoms with van der Waals surface area (Å²) in [4.78, 5) is 0. The minimum Gasteiger partial charge on any atom is -0.397 e. The maximum Gasteiger partial charge on any atom is 0.0618 e. The molecule has 0 radical (unpaired) electrons. The highest BCUT2D eigenvalue weighted by molar-refractivity contribution is 6.31. The summed E-state index contributed by atoms with van der Waals surface area (Å²) in [5.41, 5.74) is 7.55. The van der Waals surface area contributed by atoms with Gasteiger partial charge >= 0.3 is 0 Å². The van der Waals surface area contributed by atoms with Crippen LogP contribution in [0, 0.1) is 5.92 Å². The van der Waals surface area contributed by atoms with Crippen molar-refractivity contribution in [3.8, 4) is 0 Å². The molecule has 1 heterocycles. The van der Waals surface area contributed by atoms with Crippen molar-refractivity contribution in [1.29, 1.82) is 0 Å². The van der Waals surface area contributed by atoms with Gasteiger partial charge in [0.05, 0.1) is 17.5 Å². The standard InChI is InChI=1S/C13H19ClN2O/c1-2-13-9(5-6-17-13)8-16-12-4-3-10(14)7-11(12)15/h3-4,7,9,13,16H,2,5-6,8,15H2,1H3. The normalized spacial score (nSPS) is 23.9. The summed E-state index contributed by atoms with van der Waals surface area (Å²) in [6.07, 6.45) is 2.58. The molecule has 3 N–H and O–H groups in total. The Kier molecular flexibility index (Phi) is 4.13. The SMILES string of the molecule is CCC1OCCC1CNc1ccc(Cl)cc1N. The second-order valence-corrected chi connectivity index (χ2v) is 4.92. The van der Waals surface area contributed by atoms with Crippen molar-refractivity contribution in [2.45, 2.75) is 25.9 Å². The monoisotopic (exact) mass is 254 g/mol. The summed E-state index contributed by atoms with van der Waals surface area (Å²) >= 11 is 5.86. The minimum absolute atomic E-state index is 0.385. The second kappa shape index (κ2) is 5.61. The van der Waals surface area contributed by atoms with E-state index in [1.54, 1.807) is 6.07 Å². The Hall–Kier alpha value is -0.930. The third-order valence-electron chi connectivity index (χ3n) is 3.32. The van der Waals surface area contributed by atoms with E-state index in [-0.39, 0.29) is 0 Å². The molecule has 0 saturated carbocycles. The van der Waals surface area contributed by atoms with Crippen molar-refractivity contribution in [3.05, 3.63) is 23.2 Å². The number of hydrogen-bond donors (Lipinski definition) is 2. The summed E-state index contributed by atoms with van der Waals surface area (Å²) in [5, 5.41) is 4.05. The number of ether oxygens (including phenoxy) is 1. The zero-order valence-corrected chi connectivity index (χ0v) is 10.8. The average molecular weight is 255 g/mol. The first-order chi connectivity index (χ1) is 8.20. The lowest BCUT2D eigenvalue weighted by molar-refractivity contribution is 0.0900. The van der Waals surface area contributed by atoms with Crippen LogP contribution in [0.3, 0.4) is 0 Å². The molecular formula is C13H19ClN2O. The lowest BCUT2D eigenvalue weighted by Gasteiger charge is -2.18. The van der Waals surface area contributed by atoms with Gasteiger partial charge in [-0.25, -0.2) is 0 Å². The van der Waals surface area contributed by atoms with Crippen LogP contribution in [0.2, 0.25) is 5.02 Å². The molecule has 3 nitrogen and oxygen atoms in total. The molecule has 2 atom stereocenters. The number of rotatable bonds is 4. The Morgan fingerprint density at radius 3 is 3.06 bits per heavy atom. The van der Waals surface area contributed by atoms with Gasteiger partial charge in [-0.2, -0.15) is 0 Å². The molecule has 1 fully saturated rings. The molecule has 1 aliphatic heterocycles. The van der Waals surface area contributed by atoms with Crippen LogP contribution in [0.1, 0.15) is 19.8 Å². The maximum atomic E-state index is 5.90. The van der Waals surface area contributed by atoms with Gasteiger partial charge in [-0.05, 0) is 31.0 Å². The van der Waals surface area contributed by atoms with Gasteiger partial charge in [-0.15, -0.1) is 0 Å². The first-order valence-electron chi connectivity index (χ1n) is 6.11. The molecule has 94 valence electrons. The largest absolute Gasteiger partial charge is 0.397 e. The first-order valence-corrected chi connectivity index (χ1v) is 6.49. The molecule has 0 bridgehead atoms. The Morgan fingerprint density at radius 1 is 1.53 bits per heavy atom. The van der Waals surface area contributed by atoms with E-state index in [0.717, 1.165) is 31.7 Å². The van der Waals surface area contributed by atoms with Crippen LogP contribution in [-0.4, -0.2) is 19.3 Å². The number of benzene rings is 1. The van der Waals surface area contributed by atoms with Gasteiger partial charge in [0.2, 0.25) is 0 Å². The van der Waals surface area contributed by atoms with E-state index in [1.165, 1.54) is 0 Å². The van der Waals surface area contributed by atoms with E-state index >= 15 is 0 Å². The molecular weight excluding hydrogens is 236 g/mol. The van der Waals surface area contributed by atoms with Crippen LogP contribution in [0.5, 0.6) is 0 Å². The molecule has 0 aromatic heterocycles. The van der Waals surface area contributed by atoms with Crippen LogP contribution >= 0.6 is 11.6 Å². The highest BCUT2D eigenvalue weighted by atomic mass is 35.5. The van der Waals surface area contributed by atoms with Gasteiger partial charge in [0.1, 0.15) is 0 Å². The molecule has 2 rings (SSSR count). The molecule has 1 aliphatic rings. The van der Waals surface area contributed by atoms with Crippen LogP contribution < -0.4 is 11.1 Å². The number of hydrogen-bond acceptors (Lipinski definition) is 3. The fraction of sp³-hybridized carbons (Fsp3) is 0.538. The van der Waals surface area contributed by atoms with Crippen molar-refractivity contribution >= 4 is 23.0 Å². The maximum absolute atomic E-state index is 5.90. The Bertz CT molecular complexity index is 384. The lowest BCUT2D eigenvalue weighted by atomic mass is 9.99. The van der Waals surface area contributed by atoms with E-state index in [9.17, 15) is 0 Å². The van der Waals surface area contributed by atoms with Crippen molar-refractivity contribution in [3.63, 3.8) is 0 Å². The van der Waals surface area contributed by atoms with Crippen molar-refractivity contribution < 1.29 is 4.74 Å². The summed E-state index contributed by atoms with van der Waals surface area (Å²) in [6, 6.07) is 5.55. The third-order valence-corrected chi connectivity index (χ3v) is 3.55. The van der Waals surface area contributed by atoms with E-state index < -0.39 is 0 Å². The molecule has 2 unspecified atom stereocenters. The Morgan fingerprint density at radius 2 is 2.35 bits per heavy atom. The Labute approximate surface area is 107 Å². The predicted octanol–water partition coefficient (Wildman–Crippen LogP) is 3.15. The van der Waals surface area contributed by atoms with Gasteiger partial charge in [0, 0.05) is 24.1 Å². The zero-order valence-electron chi connectivity index (χ0n) is 10.1. The number of anilines is 2. The van der Waals surface area contributed by atoms with Crippen LogP contribution in [0.4, 0.5) is 11.4 Å². The number of nitrogen functional groups attached to an aromatic ring is 1. The van der Waals surface area contributed by atoms with E-state index in [0.29, 0.717) is 22.7 Å². The molecule has 17 heavy (non-hydrogen) atoms. The summed E-state index contributed by atoms with van der Waals surface area (Å²) in [6.45, 7) is 3.95. The van der Waals surface area contributed by atoms with Crippen molar-refractivity contribution in [1.82, 2.24) is 0 Å². The summed E-state index contributed by atoms with van der Waals surface area (Å²) < 4.78 is 5.66. The molecule has 1 saturated heterocycles. The van der Waals surface area contributed by atoms with Gasteiger partial charge in [-0.1, -0.05) is 18.5 Å². The lowest BCUT2D eigenvalue weighted by Crippen LogP contribution is -2.23. The topological polar surface area (TPSA) is 47.3 Å². The molecule has 0 amide bonds. The van der Waals surface area contributed by atoms with Gasteiger partial charge in [0.25, 0.3) is 0 Å². The van der Waals surface area contributed by atoms with Crippen molar-refractivity contribution in [2.24, 2.45) is 5.92 Å². The summed E-state index contributed by atoms with van der Waals surface area (Å²) in [5.74, 6) is 0.579. The summed E-state index contributed by atoms with van der Waals surface area (Å²) in [7, 11) is 0. The molecule has 0 aliphatic carbocycles. The van der Waals surface area contributed by atoms with E-state index in [4.69, 9.17) is 22.1 Å². The first kappa shape index (κ1) is 12.5. The fourth-order valence-electron chi connectivity index (χ4n) is 2.31. The van der Waals surface area contributed by atoms with Crippen molar-refractivity contribution in [2.75, 3.05) is 24.2 Å².